The fraction of sp³-hybridized carbons (Fsp3) is 0. The molecule has 2 N–H and O–H groups in total. The molecule has 2 amide bonds. The van der Waals surface area contributed by atoms with Crippen LogP contribution in [0.2, 0.25) is 0 Å². The highest BCUT2D eigenvalue weighted by molar-refractivity contribution is 6.11. The molecule has 0 atom stereocenters. The highest BCUT2D eigenvalue weighted by Gasteiger charge is 2.13. The third-order valence-corrected chi connectivity index (χ3v) is 4.18. The summed E-state index contributed by atoms with van der Waals surface area (Å²) < 4.78 is 0. The lowest BCUT2D eigenvalue weighted by Crippen LogP contribution is -2.26. The van der Waals surface area contributed by atoms with Gasteiger partial charge in [0.25, 0.3) is 11.8 Å². The van der Waals surface area contributed by atoms with Crippen LogP contribution >= 0.6 is 0 Å². The van der Waals surface area contributed by atoms with Crippen LogP contribution in [0.25, 0.3) is 0 Å². The number of benzene rings is 3. The molecule has 0 aromatic heterocycles. The molecule has 8 nitrogen and oxygen atoms in total. The number of carbonyl (C=O) groups excluding carboxylic acids is 4. The molecule has 0 bridgehead atoms. The van der Waals surface area contributed by atoms with E-state index in [2.05, 4.69) is 10.6 Å². The Morgan fingerprint density at radius 1 is 0.500 bits per heavy atom. The monoisotopic (exact) mass is 402 g/mol. The van der Waals surface area contributed by atoms with E-state index >= 15 is 0 Å². The van der Waals surface area contributed by atoms with Crippen molar-refractivity contribution in [3.8, 4) is 0 Å². The molecule has 0 fully saturated rings. The molecule has 3 aromatic carbocycles. The first-order chi connectivity index (χ1) is 14.4. The molecular weight excluding hydrogens is 388 g/mol. The first kappa shape index (κ1) is 20.3. The maximum Gasteiger partial charge on any atom is 0.256 e. The standard InChI is InChI=1S/C22H16N2O6/c25-19(15-5-1-3-7-17(15)21(27)28)23-13-9-11-14(12-10-13)24-20(26)16-6-2-4-8-18(16)22(29)30/h1-12H,(H,23,25)(H,24,26)(H,27,28)(H,29,30)/p-2. The molecule has 30 heavy (non-hydrogen) atoms. The zero-order valence-corrected chi connectivity index (χ0v) is 15.4. The van der Waals surface area contributed by atoms with Crippen molar-refractivity contribution in [2.75, 3.05) is 10.6 Å². The Morgan fingerprint density at radius 2 is 0.800 bits per heavy atom. The zero-order valence-electron chi connectivity index (χ0n) is 15.4. The molecule has 3 aromatic rings. The molecule has 0 aliphatic rings. The van der Waals surface area contributed by atoms with Gasteiger partial charge in [0.2, 0.25) is 0 Å². The highest BCUT2D eigenvalue weighted by Crippen LogP contribution is 2.18. The van der Waals surface area contributed by atoms with E-state index in [1.807, 2.05) is 0 Å². The molecule has 0 aliphatic carbocycles. The van der Waals surface area contributed by atoms with Crippen LogP contribution in [0, 0.1) is 0 Å². The van der Waals surface area contributed by atoms with Crippen molar-refractivity contribution >= 4 is 35.1 Å². The number of carboxylic acids is 2. The van der Waals surface area contributed by atoms with E-state index in [0.29, 0.717) is 11.4 Å². The third-order valence-electron chi connectivity index (χ3n) is 4.18. The van der Waals surface area contributed by atoms with Gasteiger partial charge >= 0.3 is 0 Å². The summed E-state index contributed by atoms with van der Waals surface area (Å²) in [6, 6.07) is 17.3. The van der Waals surface area contributed by atoms with E-state index in [9.17, 15) is 29.4 Å². The molecule has 0 radical (unpaired) electrons. The Bertz CT molecular complexity index is 1050. The number of nitrogens with one attached hydrogen (secondary N) is 2. The van der Waals surface area contributed by atoms with E-state index in [-0.39, 0.29) is 22.3 Å². The van der Waals surface area contributed by atoms with E-state index in [0.717, 1.165) is 0 Å². The molecule has 8 heteroatoms. The number of hydrogen-bond donors (Lipinski definition) is 2. The molecule has 0 unspecified atom stereocenters. The molecule has 3 rings (SSSR count). The predicted octanol–water partition coefficient (Wildman–Crippen LogP) is 0.918. The van der Waals surface area contributed by atoms with Crippen LogP contribution in [0.5, 0.6) is 0 Å². The van der Waals surface area contributed by atoms with Crippen LogP contribution in [0.4, 0.5) is 11.4 Å². The molecule has 0 saturated heterocycles. The SMILES string of the molecule is O=C([O-])c1ccccc1C(=O)Nc1ccc(NC(=O)c2ccccc2C(=O)[O-])cc1. The second-order valence-corrected chi connectivity index (χ2v) is 6.15. The van der Waals surface area contributed by atoms with Crippen molar-refractivity contribution in [2.45, 2.75) is 0 Å². The third kappa shape index (κ3) is 4.50. The van der Waals surface area contributed by atoms with Crippen LogP contribution in [-0.2, 0) is 0 Å². The van der Waals surface area contributed by atoms with E-state index in [1.54, 1.807) is 0 Å². The van der Waals surface area contributed by atoms with Crippen molar-refractivity contribution in [2.24, 2.45) is 0 Å². The lowest BCUT2D eigenvalue weighted by molar-refractivity contribution is -0.256. The van der Waals surface area contributed by atoms with Crippen molar-refractivity contribution in [3.05, 3.63) is 95.1 Å². The second kappa shape index (κ2) is 8.70. The summed E-state index contributed by atoms with van der Waals surface area (Å²) in [5.74, 6) is -4.18. The van der Waals surface area contributed by atoms with Gasteiger partial charge in [0.05, 0.1) is 11.9 Å². The summed E-state index contributed by atoms with van der Waals surface area (Å²) in [5, 5.41) is 27.4. The van der Waals surface area contributed by atoms with Crippen molar-refractivity contribution < 1.29 is 29.4 Å². The Labute approximate surface area is 170 Å². The van der Waals surface area contributed by atoms with Crippen LogP contribution in [-0.4, -0.2) is 23.8 Å². The fourth-order valence-electron chi connectivity index (χ4n) is 2.75. The normalized spacial score (nSPS) is 10.1. The van der Waals surface area contributed by atoms with E-state index < -0.39 is 23.8 Å². The lowest BCUT2D eigenvalue weighted by Gasteiger charge is -2.12. The average molecular weight is 402 g/mol. The second-order valence-electron chi connectivity index (χ2n) is 6.15. The Hall–Kier alpha value is -4.46. The highest BCUT2D eigenvalue weighted by atomic mass is 16.4. The first-order valence-electron chi connectivity index (χ1n) is 8.70. The smallest absolute Gasteiger partial charge is 0.256 e. The van der Waals surface area contributed by atoms with Gasteiger partial charge in [0.15, 0.2) is 0 Å². The summed E-state index contributed by atoms with van der Waals surface area (Å²) in [7, 11) is 0. The largest absolute Gasteiger partial charge is 0.545 e. The van der Waals surface area contributed by atoms with Crippen molar-refractivity contribution in [3.63, 3.8) is 0 Å². The van der Waals surface area contributed by atoms with Crippen molar-refractivity contribution in [1.82, 2.24) is 0 Å². The van der Waals surface area contributed by atoms with Gasteiger partial charge < -0.3 is 30.4 Å². The molecule has 0 heterocycles. The van der Waals surface area contributed by atoms with E-state index in [4.69, 9.17) is 0 Å². The molecule has 150 valence electrons. The molecular formula is C22H14N2O6-2. The van der Waals surface area contributed by atoms with Gasteiger partial charge in [0, 0.05) is 33.6 Å². The average Bonchev–Trinajstić information content (AvgIpc) is 2.75. The summed E-state index contributed by atoms with van der Waals surface area (Å²) in [4.78, 5) is 47.0. The van der Waals surface area contributed by atoms with Gasteiger partial charge in [-0.1, -0.05) is 36.4 Å². The quantitative estimate of drug-likeness (QED) is 0.629. The first-order valence-corrected chi connectivity index (χ1v) is 8.70. The van der Waals surface area contributed by atoms with Crippen LogP contribution < -0.4 is 20.8 Å². The van der Waals surface area contributed by atoms with Crippen LogP contribution in [0.15, 0.2) is 72.8 Å². The summed E-state index contributed by atoms with van der Waals surface area (Å²) in [6.45, 7) is 0. The number of hydrogen-bond acceptors (Lipinski definition) is 6. The maximum absolute atomic E-state index is 12.4. The minimum absolute atomic E-state index is 0.0474. The molecule has 0 aliphatic heterocycles. The fourth-order valence-corrected chi connectivity index (χ4v) is 2.75. The van der Waals surface area contributed by atoms with E-state index in [1.165, 1.54) is 72.8 Å². The van der Waals surface area contributed by atoms with Gasteiger partial charge in [-0.05, 0) is 36.4 Å². The number of amides is 2. The number of carbonyl (C=O) groups is 4. The number of anilines is 2. The minimum Gasteiger partial charge on any atom is -0.545 e. The topological polar surface area (TPSA) is 138 Å². The molecule has 0 spiro atoms. The molecule has 0 saturated carbocycles. The lowest BCUT2D eigenvalue weighted by atomic mass is 10.1. The Balaban J connectivity index is 1.72. The number of aromatic carboxylic acids is 2. The van der Waals surface area contributed by atoms with Gasteiger partial charge in [-0.25, -0.2) is 0 Å². The minimum atomic E-state index is -1.46. The summed E-state index contributed by atoms with van der Waals surface area (Å²) in [6.07, 6.45) is 0. The van der Waals surface area contributed by atoms with Gasteiger partial charge in [-0.2, -0.15) is 0 Å². The summed E-state index contributed by atoms with van der Waals surface area (Å²) >= 11 is 0. The Morgan fingerprint density at radius 3 is 1.10 bits per heavy atom. The Kier molecular flexibility index (Phi) is 5.88. The van der Waals surface area contributed by atoms with Crippen molar-refractivity contribution in [1.29, 1.82) is 0 Å². The van der Waals surface area contributed by atoms with Gasteiger partial charge in [0.1, 0.15) is 0 Å². The maximum atomic E-state index is 12.4. The number of rotatable bonds is 6. The van der Waals surface area contributed by atoms with Gasteiger partial charge in [-0.15, -0.1) is 0 Å². The number of carboxylic acid groups (broad SMARTS) is 2. The van der Waals surface area contributed by atoms with Gasteiger partial charge in [-0.3, -0.25) is 9.59 Å². The predicted molar refractivity (Wildman–Crippen MR) is 104 cm³/mol. The summed E-state index contributed by atoms with van der Waals surface area (Å²) in [5.41, 5.74) is 0.168. The van der Waals surface area contributed by atoms with Crippen LogP contribution in [0.1, 0.15) is 41.4 Å². The van der Waals surface area contributed by atoms with Crippen LogP contribution in [0.3, 0.4) is 0 Å². The zero-order chi connectivity index (χ0) is 21.7.